The van der Waals surface area contributed by atoms with Crippen molar-refractivity contribution >= 4 is 17.5 Å². The zero-order valence-corrected chi connectivity index (χ0v) is 19.7. The van der Waals surface area contributed by atoms with E-state index in [0.717, 1.165) is 42.9 Å². The van der Waals surface area contributed by atoms with E-state index < -0.39 is 0 Å². The van der Waals surface area contributed by atoms with Gasteiger partial charge in [-0.3, -0.25) is 5.32 Å². The van der Waals surface area contributed by atoms with Crippen LogP contribution in [0, 0.1) is 6.92 Å². The largest absolute Gasteiger partial charge is 0.473 e. The molecule has 4 rings (SSSR count). The molecule has 1 aliphatic heterocycles. The molecule has 1 saturated heterocycles. The maximum atomic E-state index is 12.8. The van der Waals surface area contributed by atoms with Crippen LogP contribution in [0.5, 0.6) is 5.88 Å². The molecule has 1 aromatic carbocycles. The monoisotopic (exact) mass is 448 g/mol. The zero-order valence-electron chi connectivity index (χ0n) is 19.7. The second-order valence-corrected chi connectivity index (χ2v) is 9.46. The maximum Gasteiger partial charge on any atom is 0.324 e. The molecule has 1 atom stereocenters. The van der Waals surface area contributed by atoms with E-state index in [4.69, 9.17) is 9.84 Å². The van der Waals surface area contributed by atoms with Crippen LogP contribution in [-0.2, 0) is 5.41 Å². The number of carbonyl (C=O) groups excluding carboxylic acids is 1. The lowest BCUT2D eigenvalue weighted by molar-refractivity contribution is 0.160. The van der Waals surface area contributed by atoms with Crippen LogP contribution in [0.25, 0.3) is 5.69 Å². The molecule has 2 aromatic heterocycles. The van der Waals surface area contributed by atoms with Gasteiger partial charge in [-0.05, 0) is 44.5 Å². The lowest BCUT2D eigenvalue weighted by Crippen LogP contribution is -2.37. The smallest absolute Gasteiger partial charge is 0.324 e. The molecule has 1 aliphatic rings. The summed E-state index contributed by atoms with van der Waals surface area (Å²) in [6, 6.07) is 13.1. The quantitative estimate of drug-likeness (QED) is 0.528. The second-order valence-electron chi connectivity index (χ2n) is 9.46. The van der Waals surface area contributed by atoms with Crippen molar-refractivity contribution in [3.05, 3.63) is 59.9 Å². The second kappa shape index (κ2) is 9.62. The zero-order chi connectivity index (χ0) is 23.4. The summed E-state index contributed by atoms with van der Waals surface area (Å²) in [5, 5.41) is 13.9. The highest BCUT2D eigenvalue weighted by molar-refractivity contribution is 5.99. The van der Waals surface area contributed by atoms with Gasteiger partial charge in [-0.15, -0.1) is 0 Å². The summed E-state index contributed by atoms with van der Waals surface area (Å²) < 4.78 is 7.72. The molecular weight excluding hydrogens is 416 g/mol. The van der Waals surface area contributed by atoms with Gasteiger partial charge in [0.05, 0.1) is 11.4 Å². The minimum absolute atomic E-state index is 0.0926. The summed E-state index contributed by atoms with van der Waals surface area (Å²) in [7, 11) is 0. The SMILES string of the molecule is Cc1ccc(-n2nc(C(C)(C)C)cc2NC(=O)Nc2ccnc(OC3CCCNC3)c2)cc1. The van der Waals surface area contributed by atoms with Crippen LogP contribution in [0.2, 0.25) is 0 Å². The molecule has 33 heavy (non-hydrogen) atoms. The molecule has 1 unspecified atom stereocenters. The number of pyridine rings is 1. The number of benzene rings is 1. The summed E-state index contributed by atoms with van der Waals surface area (Å²) in [6.45, 7) is 10.2. The first kappa shape index (κ1) is 22.8. The summed E-state index contributed by atoms with van der Waals surface area (Å²) in [6.07, 6.45) is 3.80. The number of ether oxygens (including phenoxy) is 1. The Morgan fingerprint density at radius 3 is 2.64 bits per heavy atom. The van der Waals surface area contributed by atoms with Crippen molar-refractivity contribution in [2.24, 2.45) is 0 Å². The standard InChI is InChI=1S/C25H32N6O2/c1-17-7-9-19(10-8-17)31-22(15-21(30-31)25(2,3)4)29-24(32)28-18-11-13-27-23(14-18)33-20-6-5-12-26-16-20/h7-11,13-15,20,26H,5-6,12,16H2,1-4H3,(H2,27,28,29,32). The van der Waals surface area contributed by atoms with E-state index in [0.29, 0.717) is 17.4 Å². The number of amides is 2. The molecule has 1 fully saturated rings. The third-order valence-electron chi connectivity index (χ3n) is 5.53. The van der Waals surface area contributed by atoms with Gasteiger partial charge in [0.1, 0.15) is 11.9 Å². The van der Waals surface area contributed by atoms with E-state index >= 15 is 0 Å². The summed E-state index contributed by atoms with van der Waals surface area (Å²) in [4.78, 5) is 17.1. The summed E-state index contributed by atoms with van der Waals surface area (Å²) in [5.74, 6) is 1.10. The number of carbonyl (C=O) groups is 1. The van der Waals surface area contributed by atoms with Gasteiger partial charge in [0.2, 0.25) is 5.88 Å². The summed E-state index contributed by atoms with van der Waals surface area (Å²) in [5.41, 5.74) is 3.38. The average molecular weight is 449 g/mol. The minimum Gasteiger partial charge on any atom is -0.473 e. The van der Waals surface area contributed by atoms with E-state index in [9.17, 15) is 4.79 Å². The molecule has 3 heterocycles. The Labute approximate surface area is 194 Å². The van der Waals surface area contributed by atoms with Crippen LogP contribution in [0.15, 0.2) is 48.7 Å². The highest BCUT2D eigenvalue weighted by Gasteiger charge is 2.22. The van der Waals surface area contributed by atoms with Crippen LogP contribution in [-0.4, -0.2) is 40.0 Å². The third kappa shape index (κ3) is 5.90. The van der Waals surface area contributed by atoms with E-state index in [1.807, 2.05) is 37.3 Å². The number of nitrogens with one attached hydrogen (secondary N) is 3. The first-order valence-corrected chi connectivity index (χ1v) is 11.4. The van der Waals surface area contributed by atoms with Crippen LogP contribution in [0.4, 0.5) is 16.3 Å². The molecule has 2 amide bonds. The van der Waals surface area contributed by atoms with Crippen molar-refractivity contribution in [2.45, 2.75) is 52.1 Å². The lowest BCUT2D eigenvalue weighted by atomic mass is 9.92. The van der Waals surface area contributed by atoms with Gasteiger partial charge in [-0.25, -0.2) is 14.5 Å². The number of hydrogen-bond acceptors (Lipinski definition) is 5. The van der Waals surface area contributed by atoms with Gasteiger partial charge < -0.3 is 15.4 Å². The molecule has 0 radical (unpaired) electrons. The highest BCUT2D eigenvalue weighted by atomic mass is 16.5. The van der Waals surface area contributed by atoms with E-state index in [1.165, 1.54) is 0 Å². The van der Waals surface area contributed by atoms with Gasteiger partial charge in [0.25, 0.3) is 0 Å². The first-order valence-electron chi connectivity index (χ1n) is 11.4. The van der Waals surface area contributed by atoms with Gasteiger partial charge in [-0.1, -0.05) is 38.5 Å². The normalized spacial score (nSPS) is 16.3. The average Bonchev–Trinajstić information content (AvgIpc) is 3.19. The van der Waals surface area contributed by atoms with E-state index in [2.05, 4.69) is 41.7 Å². The topological polar surface area (TPSA) is 93.1 Å². The Morgan fingerprint density at radius 2 is 1.94 bits per heavy atom. The number of hydrogen-bond donors (Lipinski definition) is 3. The minimum atomic E-state index is -0.361. The van der Waals surface area contributed by atoms with Crippen molar-refractivity contribution < 1.29 is 9.53 Å². The highest BCUT2D eigenvalue weighted by Crippen LogP contribution is 2.27. The van der Waals surface area contributed by atoms with Crippen LogP contribution in [0.1, 0.15) is 44.9 Å². The van der Waals surface area contributed by atoms with Crippen LogP contribution >= 0.6 is 0 Å². The molecule has 0 aliphatic carbocycles. The fraction of sp³-hybridized carbons (Fsp3) is 0.400. The van der Waals surface area contributed by atoms with Gasteiger partial charge in [0.15, 0.2) is 0 Å². The van der Waals surface area contributed by atoms with Crippen molar-refractivity contribution in [2.75, 3.05) is 23.7 Å². The molecule has 0 spiro atoms. The fourth-order valence-corrected chi connectivity index (χ4v) is 3.64. The number of aromatic nitrogens is 3. The van der Waals surface area contributed by atoms with E-state index in [-0.39, 0.29) is 17.6 Å². The Morgan fingerprint density at radius 1 is 1.15 bits per heavy atom. The number of aryl methyl sites for hydroxylation is 1. The number of anilines is 2. The Balaban J connectivity index is 1.49. The molecule has 174 valence electrons. The van der Waals surface area contributed by atoms with Gasteiger partial charge in [-0.2, -0.15) is 5.10 Å². The maximum absolute atomic E-state index is 12.8. The Bertz CT molecular complexity index is 1090. The van der Waals surface area contributed by atoms with Crippen molar-refractivity contribution in [3.63, 3.8) is 0 Å². The molecule has 8 heteroatoms. The number of urea groups is 1. The molecule has 0 saturated carbocycles. The van der Waals surface area contributed by atoms with Crippen LogP contribution in [0.3, 0.4) is 0 Å². The molecule has 0 bridgehead atoms. The van der Waals surface area contributed by atoms with Crippen LogP contribution < -0.4 is 20.7 Å². The number of piperidine rings is 1. The van der Waals surface area contributed by atoms with Gasteiger partial charge in [0, 0.05) is 36.0 Å². The molecule has 3 aromatic rings. The van der Waals surface area contributed by atoms with Crippen molar-refractivity contribution in [3.8, 4) is 11.6 Å². The van der Waals surface area contributed by atoms with Gasteiger partial charge >= 0.3 is 6.03 Å². The predicted octanol–water partition coefficient (Wildman–Crippen LogP) is 4.65. The van der Waals surface area contributed by atoms with E-state index in [1.54, 1.807) is 23.0 Å². The Hall–Kier alpha value is -3.39. The fourth-order valence-electron chi connectivity index (χ4n) is 3.64. The molecular formula is C25H32N6O2. The number of rotatable bonds is 5. The van der Waals surface area contributed by atoms with Crippen molar-refractivity contribution in [1.29, 1.82) is 0 Å². The first-order chi connectivity index (χ1) is 15.8. The van der Waals surface area contributed by atoms with Crippen molar-refractivity contribution in [1.82, 2.24) is 20.1 Å². The molecule has 8 nitrogen and oxygen atoms in total. The third-order valence-corrected chi connectivity index (χ3v) is 5.53. The summed E-state index contributed by atoms with van der Waals surface area (Å²) >= 11 is 0. The lowest BCUT2D eigenvalue weighted by Gasteiger charge is -2.23. The number of nitrogens with zero attached hydrogens (tertiary/aromatic N) is 3. The Kier molecular flexibility index (Phi) is 6.65. The predicted molar refractivity (Wildman–Crippen MR) is 130 cm³/mol. The molecule has 3 N–H and O–H groups in total.